The molecule has 0 bridgehead atoms. The van der Waals surface area contributed by atoms with Crippen LogP contribution < -0.4 is 20.7 Å². The highest BCUT2D eigenvalue weighted by atomic mass is 19.3. The van der Waals surface area contributed by atoms with Gasteiger partial charge in [-0.3, -0.25) is 19.3 Å². The minimum atomic E-state index is -2.80. The molecule has 0 radical (unpaired) electrons. The average Bonchev–Trinajstić information content (AvgIpc) is 3.27. The lowest BCUT2D eigenvalue weighted by Crippen LogP contribution is -2.66. The summed E-state index contributed by atoms with van der Waals surface area (Å²) in [6, 6.07) is 4.52. The molecule has 1 aromatic carbocycles. The molecule has 3 aliphatic heterocycles. The van der Waals surface area contributed by atoms with E-state index < -0.39 is 47.4 Å². The SMILES string of the molecule is CNC(C)C(=O)NC(C(=O)N1CC2CC(C)(O)CN2CC1C(=O)NC1CCOc2ccccc21)C1CCC(F)(F)CC1. The molecular formula is C30H43F2N5O5. The van der Waals surface area contributed by atoms with Crippen molar-refractivity contribution < 1.29 is 33.0 Å². The molecule has 3 heterocycles. The molecule has 42 heavy (non-hydrogen) atoms. The highest BCUT2D eigenvalue weighted by molar-refractivity contribution is 5.93. The third-order valence-electron chi connectivity index (χ3n) is 9.41. The van der Waals surface area contributed by atoms with E-state index in [4.69, 9.17) is 4.74 Å². The molecule has 12 heteroatoms. The van der Waals surface area contributed by atoms with Crippen LogP contribution in [0.4, 0.5) is 8.78 Å². The van der Waals surface area contributed by atoms with E-state index in [1.54, 1.807) is 20.9 Å². The predicted molar refractivity (Wildman–Crippen MR) is 151 cm³/mol. The van der Waals surface area contributed by atoms with Gasteiger partial charge in [-0.2, -0.15) is 0 Å². The van der Waals surface area contributed by atoms with Crippen molar-refractivity contribution in [1.29, 1.82) is 0 Å². The van der Waals surface area contributed by atoms with Crippen LogP contribution in [-0.4, -0.2) is 102 Å². The maximum absolute atomic E-state index is 14.4. The van der Waals surface area contributed by atoms with Gasteiger partial charge in [0, 0.05) is 50.5 Å². The first-order valence-corrected chi connectivity index (χ1v) is 15.0. The lowest BCUT2D eigenvalue weighted by molar-refractivity contribution is -0.150. The molecular weight excluding hydrogens is 548 g/mol. The van der Waals surface area contributed by atoms with Crippen LogP contribution in [0.15, 0.2) is 24.3 Å². The molecule has 3 fully saturated rings. The number of fused-ring (bicyclic) bond motifs is 2. The van der Waals surface area contributed by atoms with Crippen molar-refractivity contribution in [3.8, 4) is 5.75 Å². The van der Waals surface area contributed by atoms with Crippen LogP contribution in [0.1, 0.15) is 64.0 Å². The third kappa shape index (κ3) is 6.55. The van der Waals surface area contributed by atoms with Crippen LogP contribution in [-0.2, 0) is 14.4 Å². The first kappa shape index (κ1) is 30.6. The number of alkyl halides is 2. The first-order valence-electron chi connectivity index (χ1n) is 15.0. The highest BCUT2D eigenvalue weighted by Crippen LogP contribution is 2.39. The van der Waals surface area contributed by atoms with E-state index in [1.807, 2.05) is 29.2 Å². The standard InChI is InChI=1S/C30H43F2N5O5/c1-18(33-3)26(38)35-25(19-8-11-30(31,32)12-9-19)28(40)37-15-20-14-29(2,41)17-36(20)16-23(37)27(39)34-22-10-13-42-24-7-5-4-6-21(22)24/h4-7,18-20,22-23,25,33,41H,8-17H2,1-3H3,(H,34,39)(H,35,38). The number of halogens is 2. The first-order chi connectivity index (χ1) is 19.9. The largest absolute Gasteiger partial charge is 0.493 e. The Hall–Kier alpha value is -2.83. The van der Waals surface area contributed by atoms with Crippen molar-refractivity contribution in [1.82, 2.24) is 25.8 Å². The van der Waals surface area contributed by atoms with Crippen molar-refractivity contribution >= 4 is 17.7 Å². The number of benzene rings is 1. The molecule has 6 unspecified atom stereocenters. The number of hydrogen-bond donors (Lipinski definition) is 4. The Bertz CT molecular complexity index is 1170. The Morgan fingerprint density at radius 2 is 1.83 bits per heavy atom. The molecule has 1 saturated carbocycles. The van der Waals surface area contributed by atoms with Crippen molar-refractivity contribution in [2.45, 2.75) is 94.1 Å². The number of carbonyl (C=O) groups is 3. The summed E-state index contributed by atoms with van der Waals surface area (Å²) in [5.74, 6) is -3.76. The fraction of sp³-hybridized carbons (Fsp3) is 0.700. The van der Waals surface area contributed by atoms with Gasteiger partial charge in [-0.05, 0) is 52.1 Å². The topological polar surface area (TPSA) is 123 Å². The number of ether oxygens (including phenoxy) is 1. The van der Waals surface area contributed by atoms with Gasteiger partial charge in [-0.15, -0.1) is 0 Å². The third-order valence-corrected chi connectivity index (χ3v) is 9.41. The van der Waals surface area contributed by atoms with Crippen LogP contribution in [0.3, 0.4) is 0 Å². The maximum Gasteiger partial charge on any atom is 0.248 e. The molecule has 2 saturated heterocycles. The minimum Gasteiger partial charge on any atom is -0.493 e. The second kappa shape index (κ2) is 12.0. The number of hydrogen-bond acceptors (Lipinski definition) is 7. The van der Waals surface area contributed by atoms with E-state index in [9.17, 15) is 28.3 Å². The number of amides is 3. The molecule has 1 aliphatic carbocycles. The number of para-hydroxylation sites is 1. The van der Waals surface area contributed by atoms with Crippen molar-refractivity contribution in [2.24, 2.45) is 5.92 Å². The van der Waals surface area contributed by atoms with E-state index in [0.29, 0.717) is 31.7 Å². The van der Waals surface area contributed by atoms with E-state index in [-0.39, 0.29) is 56.8 Å². The number of carbonyl (C=O) groups excluding carboxylic acids is 3. The lowest BCUT2D eigenvalue weighted by Gasteiger charge is -2.45. The van der Waals surface area contributed by atoms with E-state index in [2.05, 4.69) is 16.0 Å². The van der Waals surface area contributed by atoms with E-state index in [1.165, 1.54) is 4.90 Å². The lowest BCUT2D eigenvalue weighted by atomic mass is 9.81. The molecule has 6 atom stereocenters. The fourth-order valence-electron chi connectivity index (χ4n) is 6.93. The summed E-state index contributed by atoms with van der Waals surface area (Å²) in [5.41, 5.74) is -0.100. The zero-order chi connectivity index (χ0) is 30.2. The molecule has 4 aliphatic rings. The van der Waals surface area contributed by atoms with Crippen LogP contribution in [0, 0.1) is 5.92 Å². The summed E-state index contributed by atoms with van der Waals surface area (Å²) < 4.78 is 33.9. The number of nitrogens with one attached hydrogen (secondary N) is 3. The monoisotopic (exact) mass is 591 g/mol. The van der Waals surface area contributed by atoms with Crippen LogP contribution in [0.2, 0.25) is 0 Å². The van der Waals surface area contributed by atoms with E-state index in [0.717, 1.165) is 5.56 Å². The Morgan fingerprint density at radius 3 is 2.55 bits per heavy atom. The number of piperazine rings is 1. The Labute approximate surface area is 245 Å². The number of likely N-dealkylation sites (N-methyl/N-ethyl adjacent to an activating group) is 1. The molecule has 0 aromatic heterocycles. The van der Waals surface area contributed by atoms with Crippen LogP contribution in [0.5, 0.6) is 5.75 Å². The maximum atomic E-state index is 14.4. The van der Waals surface area contributed by atoms with Crippen LogP contribution in [0.25, 0.3) is 0 Å². The number of aliphatic hydroxyl groups is 1. The van der Waals surface area contributed by atoms with Crippen molar-refractivity contribution in [2.75, 3.05) is 33.3 Å². The molecule has 4 N–H and O–H groups in total. The Balaban J connectivity index is 1.42. The van der Waals surface area contributed by atoms with Gasteiger partial charge < -0.3 is 30.7 Å². The second-order valence-electron chi connectivity index (χ2n) is 12.7. The van der Waals surface area contributed by atoms with Gasteiger partial charge in [0.25, 0.3) is 0 Å². The Kier molecular flexibility index (Phi) is 8.78. The van der Waals surface area contributed by atoms with E-state index >= 15 is 0 Å². The van der Waals surface area contributed by atoms with Gasteiger partial charge in [-0.1, -0.05) is 18.2 Å². The molecule has 232 valence electrons. The summed E-state index contributed by atoms with van der Waals surface area (Å²) in [5, 5.41) is 19.7. The van der Waals surface area contributed by atoms with Crippen molar-refractivity contribution in [3.63, 3.8) is 0 Å². The average molecular weight is 592 g/mol. The minimum absolute atomic E-state index is 0.0887. The van der Waals surface area contributed by atoms with Gasteiger partial charge in [0.1, 0.15) is 17.8 Å². The zero-order valence-electron chi connectivity index (χ0n) is 24.6. The fourth-order valence-corrected chi connectivity index (χ4v) is 6.93. The summed E-state index contributed by atoms with van der Waals surface area (Å²) in [6.45, 7) is 4.63. The van der Waals surface area contributed by atoms with Gasteiger partial charge in [0.05, 0.1) is 24.3 Å². The predicted octanol–water partition coefficient (Wildman–Crippen LogP) is 1.58. The number of rotatable bonds is 7. The smallest absolute Gasteiger partial charge is 0.248 e. The molecule has 3 amide bonds. The van der Waals surface area contributed by atoms with Gasteiger partial charge in [0.15, 0.2) is 0 Å². The van der Waals surface area contributed by atoms with Crippen molar-refractivity contribution in [3.05, 3.63) is 29.8 Å². The van der Waals surface area contributed by atoms with Crippen LogP contribution >= 0.6 is 0 Å². The summed E-state index contributed by atoms with van der Waals surface area (Å²) in [6.07, 6.45) is 0.469. The molecule has 0 spiro atoms. The molecule has 1 aromatic rings. The second-order valence-corrected chi connectivity index (χ2v) is 12.7. The molecule has 5 rings (SSSR count). The molecule has 10 nitrogen and oxygen atoms in total. The summed E-state index contributed by atoms with van der Waals surface area (Å²) in [4.78, 5) is 44.9. The zero-order valence-corrected chi connectivity index (χ0v) is 24.6. The Morgan fingerprint density at radius 1 is 1.12 bits per heavy atom. The number of nitrogens with zero attached hydrogens (tertiary/aromatic N) is 2. The normalized spacial score (nSPS) is 30.8. The highest BCUT2D eigenvalue weighted by Gasteiger charge is 2.50. The van der Waals surface area contributed by atoms with Gasteiger partial charge in [-0.25, -0.2) is 8.78 Å². The van der Waals surface area contributed by atoms with Gasteiger partial charge in [0.2, 0.25) is 23.6 Å². The summed E-state index contributed by atoms with van der Waals surface area (Å²) >= 11 is 0. The quantitative estimate of drug-likeness (QED) is 0.380. The van der Waals surface area contributed by atoms with Gasteiger partial charge >= 0.3 is 0 Å². The summed E-state index contributed by atoms with van der Waals surface area (Å²) in [7, 11) is 1.63.